The Morgan fingerprint density at radius 1 is 0.667 bits per heavy atom. The minimum atomic E-state index is 0. The van der Waals surface area contributed by atoms with Crippen molar-refractivity contribution in [1.29, 1.82) is 0 Å². The summed E-state index contributed by atoms with van der Waals surface area (Å²) in [5.74, 6) is 0.300. The molecule has 0 aliphatic heterocycles. The molecule has 2 aromatic carbocycles. The molecule has 0 bridgehead atoms. The van der Waals surface area contributed by atoms with Gasteiger partial charge in [0.2, 0.25) is 0 Å². The molecule has 27 heavy (non-hydrogen) atoms. The Bertz CT molecular complexity index is 712. The van der Waals surface area contributed by atoms with Gasteiger partial charge < -0.3 is 48.0 Å². The molecule has 2 rings (SSSR count). The highest BCUT2D eigenvalue weighted by atomic mass is 127. The molecule has 0 radical (unpaired) electrons. The Morgan fingerprint density at radius 3 is 1.41 bits per heavy atom. The molecule has 2 aromatic rings. The fourth-order valence-electron chi connectivity index (χ4n) is 2.77. The van der Waals surface area contributed by atoms with E-state index in [0.717, 1.165) is 21.0 Å². The summed E-state index contributed by atoms with van der Waals surface area (Å²) >= 11 is 0. The summed E-state index contributed by atoms with van der Waals surface area (Å²) in [7, 11) is 12.9. The van der Waals surface area contributed by atoms with Crippen molar-refractivity contribution in [3.63, 3.8) is 0 Å². The van der Waals surface area contributed by atoms with Crippen LogP contribution >= 0.6 is 0 Å². The molecule has 0 saturated carbocycles. The predicted octanol–water partition coefficient (Wildman–Crippen LogP) is -2.17. The third kappa shape index (κ3) is 8.58. The zero-order valence-electron chi connectivity index (χ0n) is 17.3. The molecule has 0 spiro atoms. The van der Waals surface area contributed by atoms with Crippen LogP contribution in [0.5, 0.6) is 0 Å². The quantitative estimate of drug-likeness (QED) is 0.264. The van der Waals surface area contributed by atoms with Crippen molar-refractivity contribution in [2.24, 2.45) is 0 Å². The maximum atomic E-state index is 12.3. The molecule has 0 heterocycles. The van der Waals surface area contributed by atoms with E-state index >= 15 is 0 Å². The summed E-state index contributed by atoms with van der Waals surface area (Å²) in [5.41, 5.74) is 4.84. The molecule has 0 saturated heterocycles. The second kappa shape index (κ2) is 10.9. The zero-order chi connectivity index (χ0) is 18.7. The Morgan fingerprint density at radius 2 is 1.04 bits per heavy atom. The fourth-order valence-corrected chi connectivity index (χ4v) is 2.77. The number of Topliss-reactive ketones (excluding diaryl/α,β-unsaturated/α-hetero) is 1. The van der Waals surface area contributed by atoms with E-state index in [1.807, 2.05) is 0 Å². The lowest BCUT2D eigenvalue weighted by atomic mass is 10.0. The summed E-state index contributed by atoms with van der Waals surface area (Å²) in [6, 6.07) is 17.0. The third-order valence-corrected chi connectivity index (χ3v) is 4.52. The molecular weight excluding hydrogens is 562 g/mol. The van der Waals surface area contributed by atoms with E-state index in [9.17, 15) is 4.79 Å². The number of benzene rings is 2. The van der Waals surface area contributed by atoms with Crippen molar-refractivity contribution in [3.05, 3.63) is 59.7 Å². The summed E-state index contributed by atoms with van der Waals surface area (Å²) < 4.78 is 1.60. The van der Waals surface area contributed by atoms with Gasteiger partial charge in [0.25, 0.3) is 0 Å². The number of carbonyl (C=O) groups excluding carboxylic acids is 1. The van der Waals surface area contributed by atoms with Crippen molar-refractivity contribution >= 4 is 17.2 Å². The molecule has 3 nitrogen and oxygen atoms in total. The van der Waals surface area contributed by atoms with Crippen molar-refractivity contribution < 1.29 is 52.7 Å². The smallest absolute Gasteiger partial charge is 0.137 e. The molecular formula is C22H32I2N2O. The Labute approximate surface area is 199 Å². The molecule has 0 aromatic heterocycles. The van der Waals surface area contributed by atoms with Gasteiger partial charge in [0, 0.05) is 12.8 Å². The highest BCUT2D eigenvalue weighted by Gasteiger charge is 2.13. The fraction of sp³-hybridized carbons (Fsp3) is 0.409. The number of hydrogen-bond donors (Lipinski definition) is 0. The summed E-state index contributed by atoms with van der Waals surface area (Å²) in [4.78, 5) is 12.3. The van der Waals surface area contributed by atoms with E-state index < -0.39 is 0 Å². The van der Waals surface area contributed by atoms with Gasteiger partial charge >= 0.3 is 0 Å². The molecule has 0 atom stereocenters. The van der Waals surface area contributed by atoms with Crippen LogP contribution in [0, 0.1) is 0 Å². The van der Waals surface area contributed by atoms with E-state index in [4.69, 9.17) is 0 Å². The van der Waals surface area contributed by atoms with Gasteiger partial charge in [-0.15, -0.1) is 0 Å². The van der Waals surface area contributed by atoms with E-state index in [1.165, 1.54) is 16.9 Å². The van der Waals surface area contributed by atoms with Crippen LogP contribution in [0.2, 0.25) is 0 Å². The van der Waals surface area contributed by atoms with Crippen molar-refractivity contribution in [3.8, 4) is 0 Å². The van der Waals surface area contributed by atoms with Gasteiger partial charge in [-0.1, -0.05) is 24.3 Å². The van der Waals surface area contributed by atoms with Crippen LogP contribution < -0.4 is 56.9 Å². The Kier molecular flexibility index (Phi) is 10.7. The monoisotopic (exact) mass is 594 g/mol. The largest absolute Gasteiger partial charge is 1.00 e. The van der Waals surface area contributed by atoms with Crippen LogP contribution in [0.1, 0.15) is 17.5 Å². The van der Waals surface area contributed by atoms with E-state index in [0.29, 0.717) is 18.6 Å². The first-order valence-corrected chi connectivity index (χ1v) is 8.89. The molecule has 0 N–H and O–H groups in total. The van der Waals surface area contributed by atoms with Gasteiger partial charge in [0.05, 0.1) is 42.3 Å². The standard InChI is InChI=1S/C22H32N2O.2HI/c1-23(2,3)20-12-7-18(8-13-20)11-16-22(25)17-19-9-14-21(15-10-19)24(4,5)6;;/h7-10,12-15H,11,16-17H2,1-6H3;2*1H/q+2;;/p-2. The van der Waals surface area contributed by atoms with Crippen LogP contribution in [0.15, 0.2) is 48.5 Å². The number of ketones is 1. The Balaban J connectivity index is 0.00000338. The van der Waals surface area contributed by atoms with E-state index in [-0.39, 0.29) is 48.0 Å². The minimum absolute atomic E-state index is 0. The molecule has 0 unspecified atom stereocenters. The van der Waals surface area contributed by atoms with E-state index in [1.54, 1.807) is 0 Å². The van der Waals surface area contributed by atoms with Gasteiger partial charge in [-0.25, -0.2) is 0 Å². The lowest BCUT2D eigenvalue weighted by Gasteiger charge is -2.23. The minimum Gasteiger partial charge on any atom is -1.00 e. The van der Waals surface area contributed by atoms with Gasteiger partial charge in [-0.05, 0) is 41.8 Å². The molecule has 0 aliphatic carbocycles. The molecule has 150 valence electrons. The van der Waals surface area contributed by atoms with Crippen LogP contribution in [-0.2, 0) is 17.6 Å². The molecule has 0 aliphatic rings. The number of nitrogens with zero attached hydrogens (tertiary/aromatic N) is 2. The van der Waals surface area contributed by atoms with Crippen LogP contribution in [-0.4, -0.2) is 48.1 Å². The van der Waals surface area contributed by atoms with Crippen LogP contribution in [0.4, 0.5) is 11.4 Å². The number of rotatable bonds is 7. The number of halogens is 2. The van der Waals surface area contributed by atoms with Crippen LogP contribution in [0.3, 0.4) is 0 Å². The summed E-state index contributed by atoms with van der Waals surface area (Å²) in [6.07, 6.45) is 1.93. The number of quaternary nitrogens is 2. The average Bonchev–Trinajstić information content (AvgIpc) is 2.52. The van der Waals surface area contributed by atoms with Crippen molar-refractivity contribution in [2.75, 3.05) is 42.3 Å². The number of aryl methyl sites for hydroxylation is 1. The maximum absolute atomic E-state index is 12.3. The topological polar surface area (TPSA) is 17.1 Å². The molecule has 5 heteroatoms. The molecule has 0 amide bonds. The highest BCUT2D eigenvalue weighted by molar-refractivity contribution is 5.81. The van der Waals surface area contributed by atoms with Gasteiger partial charge in [0.1, 0.15) is 17.2 Å². The molecule has 0 fully saturated rings. The van der Waals surface area contributed by atoms with Gasteiger partial charge in [-0.3, -0.25) is 13.8 Å². The van der Waals surface area contributed by atoms with Crippen LogP contribution in [0.25, 0.3) is 0 Å². The first kappa shape index (κ1) is 26.5. The lowest BCUT2D eigenvalue weighted by Crippen LogP contribution is -3.00. The average molecular weight is 594 g/mol. The first-order chi connectivity index (χ1) is 11.6. The van der Waals surface area contributed by atoms with E-state index in [2.05, 4.69) is 90.8 Å². The second-order valence-electron chi connectivity index (χ2n) is 8.57. The SMILES string of the molecule is C[N+](C)(C)c1ccc(CCC(=O)Cc2ccc([N+](C)(C)C)cc2)cc1.[I-].[I-]. The highest BCUT2D eigenvalue weighted by Crippen LogP contribution is 2.19. The zero-order valence-corrected chi connectivity index (χ0v) is 21.6. The third-order valence-electron chi connectivity index (χ3n) is 4.52. The van der Waals surface area contributed by atoms with Crippen molar-refractivity contribution in [2.45, 2.75) is 19.3 Å². The summed E-state index contributed by atoms with van der Waals surface area (Å²) in [5, 5.41) is 0. The maximum Gasteiger partial charge on any atom is 0.137 e. The predicted molar refractivity (Wildman–Crippen MR) is 109 cm³/mol. The van der Waals surface area contributed by atoms with Gasteiger partial charge in [0.15, 0.2) is 0 Å². The lowest BCUT2D eigenvalue weighted by molar-refractivity contribution is -0.118. The van der Waals surface area contributed by atoms with Gasteiger partial charge in [-0.2, -0.15) is 0 Å². The number of hydrogen-bond acceptors (Lipinski definition) is 1. The normalized spacial score (nSPS) is 11.3. The second-order valence-corrected chi connectivity index (χ2v) is 8.57. The summed E-state index contributed by atoms with van der Waals surface area (Å²) in [6.45, 7) is 0. The van der Waals surface area contributed by atoms with Crippen molar-refractivity contribution in [1.82, 2.24) is 8.97 Å². The number of carbonyl (C=O) groups is 1. The first-order valence-electron chi connectivity index (χ1n) is 8.89. The Hall–Kier alpha value is -0.510.